The van der Waals surface area contributed by atoms with E-state index in [2.05, 4.69) is 13.8 Å². The van der Waals surface area contributed by atoms with Gasteiger partial charge in [-0.05, 0) is 36.5 Å². The standard InChI is InChI=1S/C17H25NO2/c1-13(2)14-7-9-15(10-8-14)17(20)18(11-12-19)16-5-3-4-6-16/h7-10,13,16,19H,3-6,11-12H2,1-2H3. The molecule has 0 bridgehead atoms. The van der Waals surface area contributed by atoms with Crippen LogP contribution >= 0.6 is 0 Å². The van der Waals surface area contributed by atoms with Crippen molar-refractivity contribution in [3.05, 3.63) is 35.4 Å². The van der Waals surface area contributed by atoms with Crippen LogP contribution < -0.4 is 0 Å². The fourth-order valence-electron chi connectivity index (χ4n) is 2.95. The Morgan fingerprint density at radius 2 is 1.85 bits per heavy atom. The molecule has 0 spiro atoms. The third kappa shape index (κ3) is 3.40. The summed E-state index contributed by atoms with van der Waals surface area (Å²) >= 11 is 0. The predicted octanol–water partition coefficient (Wildman–Crippen LogP) is 3.19. The molecule has 3 heteroatoms. The molecule has 1 fully saturated rings. The second-order valence-electron chi connectivity index (χ2n) is 5.94. The molecule has 1 aliphatic rings. The summed E-state index contributed by atoms with van der Waals surface area (Å²) in [7, 11) is 0. The molecule has 110 valence electrons. The number of amides is 1. The van der Waals surface area contributed by atoms with Crippen molar-refractivity contribution in [2.45, 2.75) is 51.5 Å². The van der Waals surface area contributed by atoms with E-state index in [1.807, 2.05) is 29.2 Å². The minimum Gasteiger partial charge on any atom is -0.395 e. The molecule has 0 aliphatic heterocycles. The van der Waals surface area contributed by atoms with Gasteiger partial charge in [0.2, 0.25) is 0 Å². The van der Waals surface area contributed by atoms with Crippen molar-refractivity contribution in [2.24, 2.45) is 0 Å². The monoisotopic (exact) mass is 275 g/mol. The molecule has 1 amide bonds. The lowest BCUT2D eigenvalue weighted by molar-refractivity contribution is 0.0638. The number of aliphatic hydroxyl groups is 1. The molecular weight excluding hydrogens is 250 g/mol. The summed E-state index contributed by atoms with van der Waals surface area (Å²) in [6.45, 7) is 4.77. The molecule has 0 atom stereocenters. The third-order valence-electron chi connectivity index (χ3n) is 4.19. The van der Waals surface area contributed by atoms with Crippen molar-refractivity contribution in [1.82, 2.24) is 4.90 Å². The lowest BCUT2D eigenvalue weighted by Gasteiger charge is -2.28. The van der Waals surface area contributed by atoms with Crippen LogP contribution in [0.3, 0.4) is 0 Å². The minimum absolute atomic E-state index is 0.0340. The zero-order valence-electron chi connectivity index (χ0n) is 12.5. The van der Waals surface area contributed by atoms with Gasteiger partial charge in [-0.3, -0.25) is 4.79 Å². The highest BCUT2D eigenvalue weighted by Crippen LogP contribution is 2.25. The Labute approximate surface area is 121 Å². The number of benzene rings is 1. The van der Waals surface area contributed by atoms with Gasteiger partial charge in [0.05, 0.1) is 6.61 Å². The van der Waals surface area contributed by atoms with Crippen molar-refractivity contribution >= 4 is 5.91 Å². The van der Waals surface area contributed by atoms with Crippen molar-refractivity contribution in [3.63, 3.8) is 0 Å². The Kier molecular flexibility index (Phi) is 5.18. The molecule has 0 heterocycles. The SMILES string of the molecule is CC(C)c1ccc(C(=O)N(CCO)C2CCCC2)cc1. The van der Waals surface area contributed by atoms with Crippen LogP contribution in [0.25, 0.3) is 0 Å². The minimum atomic E-state index is 0.0340. The van der Waals surface area contributed by atoms with Crippen LogP contribution in [-0.2, 0) is 0 Å². The van der Waals surface area contributed by atoms with Crippen molar-refractivity contribution in [2.75, 3.05) is 13.2 Å². The number of carbonyl (C=O) groups is 1. The molecule has 1 saturated carbocycles. The average molecular weight is 275 g/mol. The molecule has 1 aromatic rings. The predicted molar refractivity (Wildman–Crippen MR) is 80.9 cm³/mol. The first-order valence-corrected chi connectivity index (χ1v) is 7.65. The summed E-state index contributed by atoms with van der Waals surface area (Å²) < 4.78 is 0. The zero-order valence-corrected chi connectivity index (χ0v) is 12.5. The van der Waals surface area contributed by atoms with Crippen LogP contribution in [0.2, 0.25) is 0 Å². The van der Waals surface area contributed by atoms with Crippen LogP contribution in [0.1, 0.15) is 61.4 Å². The van der Waals surface area contributed by atoms with E-state index >= 15 is 0 Å². The largest absolute Gasteiger partial charge is 0.395 e. The summed E-state index contributed by atoms with van der Waals surface area (Å²) in [4.78, 5) is 14.5. The van der Waals surface area contributed by atoms with E-state index in [-0.39, 0.29) is 12.5 Å². The van der Waals surface area contributed by atoms with Gasteiger partial charge in [0.25, 0.3) is 5.91 Å². The average Bonchev–Trinajstić information content (AvgIpc) is 2.98. The van der Waals surface area contributed by atoms with Crippen molar-refractivity contribution in [3.8, 4) is 0 Å². The van der Waals surface area contributed by atoms with Crippen LogP contribution in [0.15, 0.2) is 24.3 Å². The van der Waals surface area contributed by atoms with Crippen LogP contribution in [-0.4, -0.2) is 35.1 Å². The van der Waals surface area contributed by atoms with Gasteiger partial charge >= 0.3 is 0 Å². The maximum atomic E-state index is 12.6. The van der Waals surface area contributed by atoms with Gasteiger partial charge in [0, 0.05) is 18.2 Å². The number of nitrogens with zero attached hydrogens (tertiary/aromatic N) is 1. The van der Waals surface area contributed by atoms with Crippen molar-refractivity contribution in [1.29, 1.82) is 0 Å². The molecule has 1 aliphatic carbocycles. The summed E-state index contributed by atoms with van der Waals surface area (Å²) in [6, 6.07) is 8.20. The summed E-state index contributed by atoms with van der Waals surface area (Å²) in [6.07, 6.45) is 4.50. The summed E-state index contributed by atoms with van der Waals surface area (Å²) in [5, 5.41) is 9.22. The van der Waals surface area contributed by atoms with Crippen LogP contribution in [0.4, 0.5) is 0 Å². The van der Waals surface area contributed by atoms with Gasteiger partial charge < -0.3 is 10.0 Å². The summed E-state index contributed by atoms with van der Waals surface area (Å²) in [5.74, 6) is 0.531. The number of hydrogen-bond donors (Lipinski definition) is 1. The lowest BCUT2D eigenvalue weighted by atomic mass is 10.0. The quantitative estimate of drug-likeness (QED) is 0.896. The molecule has 1 aromatic carbocycles. The van der Waals surface area contributed by atoms with Gasteiger partial charge in [0.15, 0.2) is 0 Å². The molecule has 0 radical (unpaired) electrons. The number of hydrogen-bond acceptors (Lipinski definition) is 2. The fourth-order valence-corrected chi connectivity index (χ4v) is 2.95. The van der Waals surface area contributed by atoms with E-state index < -0.39 is 0 Å². The van der Waals surface area contributed by atoms with Crippen LogP contribution in [0.5, 0.6) is 0 Å². The van der Waals surface area contributed by atoms with Crippen molar-refractivity contribution < 1.29 is 9.90 Å². The Morgan fingerprint density at radius 1 is 1.25 bits per heavy atom. The Morgan fingerprint density at radius 3 is 2.35 bits per heavy atom. The first kappa shape index (κ1) is 15.0. The number of aliphatic hydroxyl groups excluding tert-OH is 1. The van der Waals surface area contributed by atoms with E-state index in [0.29, 0.717) is 18.5 Å². The first-order chi connectivity index (χ1) is 9.63. The normalized spacial score (nSPS) is 15.8. The fraction of sp³-hybridized carbons (Fsp3) is 0.588. The molecule has 3 nitrogen and oxygen atoms in total. The summed E-state index contributed by atoms with van der Waals surface area (Å²) in [5.41, 5.74) is 1.98. The topological polar surface area (TPSA) is 40.5 Å². The van der Waals surface area contributed by atoms with Gasteiger partial charge in [0.1, 0.15) is 0 Å². The molecule has 2 rings (SSSR count). The highest BCUT2D eigenvalue weighted by Gasteiger charge is 2.26. The van der Waals surface area contributed by atoms with E-state index in [9.17, 15) is 9.90 Å². The maximum Gasteiger partial charge on any atom is 0.254 e. The second-order valence-corrected chi connectivity index (χ2v) is 5.94. The van der Waals surface area contributed by atoms with Gasteiger partial charge in [-0.1, -0.05) is 38.8 Å². The van der Waals surface area contributed by atoms with E-state index in [4.69, 9.17) is 0 Å². The molecule has 0 saturated heterocycles. The second kappa shape index (κ2) is 6.89. The molecule has 0 unspecified atom stereocenters. The molecule has 0 aromatic heterocycles. The maximum absolute atomic E-state index is 12.6. The van der Waals surface area contributed by atoms with Gasteiger partial charge in [-0.15, -0.1) is 0 Å². The Balaban J connectivity index is 2.13. The Hall–Kier alpha value is -1.35. The number of rotatable bonds is 5. The van der Waals surface area contributed by atoms with Gasteiger partial charge in [-0.25, -0.2) is 0 Å². The van der Waals surface area contributed by atoms with E-state index in [1.54, 1.807) is 0 Å². The molecule has 20 heavy (non-hydrogen) atoms. The zero-order chi connectivity index (χ0) is 14.5. The van der Waals surface area contributed by atoms with Gasteiger partial charge in [-0.2, -0.15) is 0 Å². The lowest BCUT2D eigenvalue weighted by Crippen LogP contribution is -2.40. The molecular formula is C17H25NO2. The van der Waals surface area contributed by atoms with E-state index in [1.165, 1.54) is 18.4 Å². The highest BCUT2D eigenvalue weighted by atomic mass is 16.3. The number of carbonyl (C=O) groups excluding carboxylic acids is 1. The smallest absolute Gasteiger partial charge is 0.254 e. The Bertz CT molecular complexity index is 433. The highest BCUT2D eigenvalue weighted by molar-refractivity contribution is 5.94. The molecule has 1 N–H and O–H groups in total. The van der Waals surface area contributed by atoms with Crippen LogP contribution in [0, 0.1) is 0 Å². The van der Waals surface area contributed by atoms with E-state index in [0.717, 1.165) is 18.4 Å². The third-order valence-corrected chi connectivity index (χ3v) is 4.19. The first-order valence-electron chi connectivity index (χ1n) is 7.65.